The van der Waals surface area contributed by atoms with Gasteiger partial charge in [0, 0.05) is 18.8 Å². The Balaban J connectivity index is 2.45. The van der Waals surface area contributed by atoms with Crippen LogP contribution in [0, 0.1) is 0 Å². The third kappa shape index (κ3) is 2.64. The fourth-order valence-electron chi connectivity index (χ4n) is 1.60. The summed E-state index contributed by atoms with van der Waals surface area (Å²) in [4.78, 5) is 0. The molecule has 0 amide bonds. The Morgan fingerprint density at radius 1 is 1.21 bits per heavy atom. The fourth-order valence-corrected chi connectivity index (χ4v) is 1.60. The quantitative estimate of drug-likeness (QED) is 0.932. The first-order valence-electron chi connectivity index (χ1n) is 5.45. The van der Waals surface area contributed by atoms with Crippen molar-refractivity contribution in [1.29, 1.82) is 0 Å². The van der Waals surface area contributed by atoms with E-state index in [0.29, 0.717) is 5.69 Å². The maximum absolute atomic E-state index is 12.6. The molecule has 1 aromatic carbocycles. The Hall–Kier alpha value is -2.18. The van der Waals surface area contributed by atoms with E-state index in [4.69, 9.17) is 4.74 Å². The number of alkyl halides is 3. The average molecular weight is 271 g/mol. The van der Waals surface area contributed by atoms with Crippen LogP contribution in [0.25, 0.3) is 5.69 Å². The van der Waals surface area contributed by atoms with Gasteiger partial charge in [-0.2, -0.15) is 18.3 Å². The highest BCUT2D eigenvalue weighted by atomic mass is 19.4. The standard InChI is InChI=1S/C12H12F3N3O/c1-16-8-3-5-9(6-4-8)18-11(19-2)7-10(17-18)12(13,14)15/h3-7,16H,1-2H3. The molecule has 0 bridgehead atoms. The first-order valence-corrected chi connectivity index (χ1v) is 5.45. The van der Waals surface area contributed by atoms with Crippen molar-refractivity contribution in [2.75, 3.05) is 19.5 Å². The van der Waals surface area contributed by atoms with Gasteiger partial charge in [0.2, 0.25) is 5.88 Å². The maximum Gasteiger partial charge on any atom is 0.435 e. The minimum absolute atomic E-state index is 0.0320. The molecule has 0 unspecified atom stereocenters. The van der Waals surface area contributed by atoms with E-state index in [1.165, 1.54) is 7.11 Å². The van der Waals surface area contributed by atoms with Crippen LogP contribution in [0.3, 0.4) is 0 Å². The highest BCUT2D eigenvalue weighted by Crippen LogP contribution is 2.32. The van der Waals surface area contributed by atoms with Crippen molar-refractivity contribution in [3.63, 3.8) is 0 Å². The van der Waals surface area contributed by atoms with Crippen LogP contribution in [0.2, 0.25) is 0 Å². The summed E-state index contributed by atoms with van der Waals surface area (Å²) < 4.78 is 43.9. The lowest BCUT2D eigenvalue weighted by atomic mass is 10.3. The van der Waals surface area contributed by atoms with Gasteiger partial charge in [0.25, 0.3) is 0 Å². The van der Waals surface area contributed by atoms with Gasteiger partial charge in [0.15, 0.2) is 5.69 Å². The average Bonchev–Trinajstić information content (AvgIpc) is 2.83. The van der Waals surface area contributed by atoms with Crippen LogP contribution >= 0.6 is 0 Å². The highest BCUT2D eigenvalue weighted by molar-refractivity contribution is 5.49. The van der Waals surface area contributed by atoms with Crippen LogP contribution in [0.15, 0.2) is 30.3 Å². The molecule has 0 aliphatic rings. The Labute approximate surface area is 107 Å². The SMILES string of the molecule is CNc1ccc(-n2nc(C(F)(F)F)cc2OC)cc1. The zero-order valence-corrected chi connectivity index (χ0v) is 10.3. The molecule has 7 heteroatoms. The van der Waals surface area contributed by atoms with E-state index in [0.717, 1.165) is 16.4 Å². The summed E-state index contributed by atoms with van der Waals surface area (Å²) >= 11 is 0. The van der Waals surface area contributed by atoms with Gasteiger partial charge in [-0.15, -0.1) is 0 Å². The molecule has 1 aromatic heterocycles. The second-order valence-electron chi connectivity index (χ2n) is 3.78. The van der Waals surface area contributed by atoms with Crippen molar-refractivity contribution in [3.05, 3.63) is 36.0 Å². The van der Waals surface area contributed by atoms with Crippen molar-refractivity contribution in [3.8, 4) is 11.6 Å². The summed E-state index contributed by atoms with van der Waals surface area (Å²) in [5.74, 6) is 0.0320. The van der Waals surface area contributed by atoms with Gasteiger partial charge >= 0.3 is 6.18 Å². The number of aromatic nitrogens is 2. The molecule has 2 aromatic rings. The fraction of sp³-hybridized carbons (Fsp3) is 0.250. The van der Waals surface area contributed by atoms with E-state index in [1.807, 2.05) is 0 Å². The minimum Gasteiger partial charge on any atom is -0.481 e. The van der Waals surface area contributed by atoms with E-state index in [1.54, 1.807) is 31.3 Å². The number of halogens is 3. The molecule has 0 radical (unpaired) electrons. The lowest BCUT2D eigenvalue weighted by Crippen LogP contribution is -2.07. The Morgan fingerprint density at radius 2 is 1.84 bits per heavy atom. The third-order valence-electron chi connectivity index (χ3n) is 2.58. The van der Waals surface area contributed by atoms with Crippen LogP contribution in [-0.2, 0) is 6.18 Å². The molecule has 2 rings (SSSR count). The topological polar surface area (TPSA) is 39.1 Å². The van der Waals surface area contributed by atoms with Gasteiger partial charge < -0.3 is 10.1 Å². The number of ether oxygens (including phenoxy) is 1. The van der Waals surface area contributed by atoms with E-state index >= 15 is 0 Å². The number of hydrogen-bond acceptors (Lipinski definition) is 3. The van der Waals surface area contributed by atoms with Crippen LogP contribution in [0.1, 0.15) is 5.69 Å². The monoisotopic (exact) mass is 271 g/mol. The van der Waals surface area contributed by atoms with E-state index in [-0.39, 0.29) is 5.88 Å². The van der Waals surface area contributed by atoms with Crippen LogP contribution < -0.4 is 10.1 Å². The molecule has 1 N–H and O–H groups in total. The number of methoxy groups -OCH3 is 1. The van der Waals surface area contributed by atoms with Crippen molar-refractivity contribution >= 4 is 5.69 Å². The van der Waals surface area contributed by atoms with Crippen molar-refractivity contribution < 1.29 is 17.9 Å². The van der Waals surface area contributed by atoms with Crippen molar-refractivity contribution in [2.45, 2.75) is 6.18 Å². The van der Waals surface area contributed by atoms with Gasteiger partial charge in [0.05, 0.1) is 12.8 Å². The predicted molar refractivity (Wildman–Crippen MR) is 64.7 cm³/mol. The molecule has 4 nitrogen and oxygen atoms in total. The highest BCUT2D eigenvalue weighted by Gasteiger charge is 2.35. The minimum atomic E-state index is -4.50. The van der Waals surface area contributed by atoms with Gasteiger partial charge in [-0.1, -0.05) is 0 Å². The van der Waals surface area contributed by atoms with Crippen LogP contribution in [-0.4, -0.2) is 23.9 Å². The molecule has 0 aliphatic carbocycles. The molecule has 19 heavy (non-hydrogen) atoms. The molecule has 1 heterocycles. The van der Waals surface area contributed by atoms with Crippen molar-refractivity contribution in [2.24, 2.45) is 0 Å². The predicted octanol–water partition coefficient (Wildman–Crippen LogP) is 2.94. The molecule has 0 aliphatic heterocycles. The molecule has 0 fully saturated rings. The largest absolute Gasteiger partial charge is 0.481 e. The second-order valence-corrected chi connectivity index (χ2v) is 3.78. The molecule has 102 valence electrons. The first-order chi connectivity index (χ1) is 8.95. The molecule has 0 saturated heterocycles. The van der Waals surface area contributed by atoms with E-state index in [2.05, 4.69) is 10.4 Å². The molecule has 0 atom stereocenters. The smallest absolute Gasteiger partial charge is 0.435 e. The summed E-state index contributed by atoms with van der Waals surface area (Å²) in [6.07, 6.45) is -4.50. The van der Waals surface area contributed by atoms with Gasteiger partial charge in [-0.3, -0.25) is 0 Å². The normalized spacial score (nSPS) is 11.4. The summed E-state index contributed by atoms with van der Waals surface area (Å²) in [5.41, 5.74) is 0.360. The number of hydrogen-bond donors (Lipinski definition) is 1. The van der Waals surface area contributed by atoms with Crippen LogP contribution in [0.4, 0.5) is 18.9 Å². The van der Waals surface area contributed by atoms with Gasteiger partial charge in [-0.25, -0.2) is 4.68 Å². The lowest BCUT2D eigenvalue weighted by molar-refractivity contribution is -0.141. The summed E-state index contributed by atoms with van der Waals surface area (Å²) in [7, 11) is 3.06. The molecule has 0 saturated carbocycles. The number of rotatable bonds is 3. The summed E-state index contributed by atoms with van der Waals surface area (Å²) in [6.45, 7) is 0. The Kier molecular flexibility index (Phi) is 3.37. The van der Waals surface area contributed by atoms with Crippen LogP contribution in [0.5, 0.6) is 5.88 Å². The molecular formula is C12H12F3N3O. The number of nitrogens with one attached hydrogen (secondary N) is 1. The van der Waals surface area contributed by atoms with Crippen molar-refractivity contribution in [1.82, 2.24) is 9.78 Å². The third-order valence-corrected chi connectivity index (χ3v) is 2.58. The first kappa shape index (κ1) is 13.3. The number of anilines is 1. The number of benzene rings is 1. The Bertz CT molecular complexity index is 561. The summed E-state index contributed by atoms with van der Waals surface area (Å²) in [5, 5.41) is 6.45. The number of nitrogens with zero attached hydrogens (tertiary/aromatic N) is 2. The maximum atomic E-state index is 12.6. The summed E-state index contributed by atoms with van der Waals surface area (Å²) in [6, 6.07) is 7.66. The molecular weight excluding hydrogens is 259 g/mol. The second kappa shape index (κ2) is 4.83. The zero-order chi connectivity index (χ0) is 14.0. The van der Waals surface area contributed by atoms with Gasteiger partial charge in [-0.05, 0) is 24.3 Å². The Morgan fingerprint density at radius 3 is 2.32 bits per heavy atom. The van der Waals surface area contributed by atoms with Gasteiger partial charge in [0.1, 0.15) is 0 Å². The van der Waals surface area contributed by atoms with E-state index in [9.17, 15) is 13.2 Å². The van der Waals surface area contributed by atoms with E-state index < -0.39 is 11.9 Å². The zero-order valence-electron chi connectivity index (χ0n) is 10.3. The lowest BCUT2D eigenvalue weighted by Gasteiger charge is -2.07. The molecule has 0 spiro atoms.